The summed E-state index contributed by atoms with van der Waals surface area (Å²) in [5.74, 6) is -1.78. The number of urea groups is 1. The maximum Gasteiger partial charge on any atom is 0.332 e. The molecule has 0 bridgehead atoms. The maximum atomic E-state index is 11.9. The van der Waals surface area contributed by atoms with Crippen LogP contribution in [0.3, 0.4) is 0 Å². The lowest BCUT2D eigenvalue weighted by atomic mass is 10.2. The van der Waals surface area contributed by atoms with Gasteiger partial charge < -0.3 is 29.9 Å². The van der Waals surface area contributed by atoms with Crippen molar-refractivity contribution in [2.75, 3.05) is 40.5 Å². The monoisotopic (exact) mass is 306 g/mol. The van der Waals surface area contributed by atoms with Gasteiger partial charge in [0.25, 0.3) is 0 Å². The number of rotatable bonds is 10. The molecule has 9 heteroatoms. The molecule has 0 heterocycles. The Hall–Kier alpha value is -1.87. The zero-order valence-corrected chi connectivity index (χ0v) is 12.2. The molecule has 1 unspecified atom stereocenters. The van der Waals surface area contributed by atoms with Crippen LogP contribution in [0.4, 0.5) is 4.79 Å². The van der Waals surface area contributed by atoms with E-state index in [1.807, 2.05) is 0 Å². The van der Waals surface area contributed by atoms with Crippen molar-refractivity contribution in [3.63, 3.8) is 0 Å². The van der Waals surface area contributed by atoms with Gasteiger partial charge >= 0.3 is 18.0 Å². The number of carbonyl (C=O) groups excluding carboxylic acids is 2. The number of ether oxygens (including phenoxy) is 2. The second-order valence-electron chi connectivity index (χ2n) is 4.18. The molecule has 0 aliphatic rings. The molecule has 9 nitrogen and oxygen atoms in total. The van der Waals surface area contributed by atoms with Gasteiger partial charge in [-0.25, -0.2) is 9.59 Å². The van der Waals surface area contributed by atoms with Crippen LogP contribution in [0.5, 0.6) is 0 Å². The maximum absolute atomic E-state index is 11.9. The van der Waals surface area contributed by atoms with Crippen molar-refractivity contribution in [2.45, 2.75) is 18.9 Å². The van der Waals surface area contributed by atoms with E-state index < -0.39 is 24.1 Å². The summed E-state index contributed by atoms with van der Waals surface area (Å²) in [6, 6.07) is -0.464. The van der Waals surface area contributed by atoms with Gasteiger partial charge in [-0.1, -0.05) is 0 Å². The Balaban J connectivity index is 4.23. The van der Waals surface area contributed by atoms with E-state index in [0.29, 0.717) is 6.61 Å². The molecular formula is C12H22N2O7. The number of aliphatic carboxylic acids is 1. The SMILES string of the molecule is COCCN(CCC(=O)OC)C(=O)NCCC(O)C(=O)O. The van der Waals surface area contributed by atoms with E-state index in [1.165, 1.54) is 19.1 Å². The van der Waals surface area contributed by atoms with Crippen LogP contribution in [-0.2, 0) is 19.1 Å². The first kappa shape index (κ1) is 19.1. The lowest BCUT2D eigenvalue weighted by Crippen LogP contribution is -2.43. The van der Waals surface area contributed by atoms with E-state index >= 15 is 0 Å². The van der Waals surface area contributed by atoms with Gasteiger partial charge in [-0.05, 0) is 0 Å². The second kappa shape index (κ2) is 10.9. The number of aliphatic hydroxyl groups is 1. The van der Waals surface area contributed by atoms with Gasteiger partial charge in [0.05, 0.1) is 20.1 Å². The summed E-state index contributed by atoms with van der Waals surface area (Å²) in [5.41, 5.74) is 0. The van der Waals surface area contributed by atoms with Gasteiger partial charge in [-0.3, -0.25) is 4.79 Å². The van der Waals surface area contributed by atoms with Crippen molar-refractivity contribution >= 4 is 18.0 Å². The average molecular weight is 306 g/mol. The van der Waals surface area contributed by atoms with Crippen LogP contribution in [0.1, 0.15) is 12.8 Å². The fourth-order valence-electron chi connectivity index (χ4n) is 1.40. The molecule has 0 spiro atoms. The number of hydrogen-bond donors (Lipinski definition) is 3. The topological polar surface area (TPSA) is 125 Å². The van der Waals surface area contributed by atoms with E-state index in [0.717, 1.165) is 0 Å². The summed E-state index contributed by atoms with van der Waals surface area (Å²) >= 11 is 0. The summed E-state index contributed by atoms with van der Waals surface area (Å²) in [6.07, 6.45) is -1.57. The van der Waals surface area contributed by atoms with Crippen LogP contribution < -0.4 is 5.32 Å². The molecule has 21 heavy (non-hydrogen) atoms. The fourth-order valence-corrected chi connectivity index (χ4v) is 1.40. The molecule has 122 valence electrons. The number of amides is 2. The first-order chi connectivity index (χ1) is 9.92. The minimum absolute atomic E-state index is 0.00794. The zero-order valence-electron chi connectivity index (χ0n) is 12.2. The number of hydrogen-bond acceptors (Lipinski definition) is 6. The first-order valence-electron chi connectivity index (χ1n) is 6.41. The predicted molar refractivity (Wildman–Crippen MR) is 71.7 cm³/mol. The Morgan fingerprint density at radius 1 is 1.24 bits per heavy atom. The Kier molecular flexibility index (Phi) is 9.90. The van der Waals surface area contributed by atoms with Gasteiger partial charge in [0.1, 0.15) is 0 Å². The fraction of sp³-hybridized carbons (Fsp3) is 0.750. The standard InChI is InChI=1S/C12H22N2O7/c1-20-8-7-14(6-4-10(16)21-2)12(19)13-5-3-9(15)11(17)18/h9,15H,3-8H2,1-2H3,(H,13,19)(H,17,18). The lowest BCUT2D eigenvalue weighted by Gasteiger charge is -2.22. The summed E-state index contributed by atoms with van der Waals surface area (Å²) in [4.78, 5) is 34.7. The average Bonchev–Trinajstić information content (AvgIpc) is 2.46. The number of carbonyl (C=O) groups is 3. The smallest absolute Gasteiger partial charge is 0.332 e. The molecule has 0 fully saturated rings. The van der Waals surface area contributed by atoms with Gasteiger partial charge in [-0.2, -0.15) is 0 Å². The van der Waals surface area contributed by atoms with Crippen molar-refractivity contribution in [2.24, 2.45) is 0 Å². The quantitative estimate of drug-likeness (QED) is 0.444. The van der Waals surface area contributed by atoms with Crippen molar-refractivity contribution in [1.29, 1.82) is 0 Å². The molecule has 1 atom stereocenters. The number of nitrogens with zero attached hydrogens (tertiary/aromatic N) is 1. The van der Waals surface area contributed by atoms with Crippen LogP contribution in [0, 0.1) is 0 Å². The Morgan fingerprint density at radius 3 is 2.43 bits per heavy atom. The van der Waals surface area contributed by atoms with Crippen molar-refractivity contribution < 1.29 is 34.1 Å². The van der Waals surface area contributed by atoms with Gasteiger partial charge in [-0.15, -0.1) is 0 Å². The molecule has 0 aromatic heterocycles. The molecule has 0 saturated heterocycles. The summed E-state index contributed by atoms with van der Waals surface area (Å²) < 4.78 is 9.37. The van der Waals surface area contributed by atoms with Gasteiger partial charge in [0, 0.05) is 33.2 Å². The van der Waals surface area contributed by atoms with Crippen LogP contribution in [-0.4, -0.2) is 79.6 Å². The Morgan fingerprint density at radius 2 is 1.90 bits per heavy atom. The minimum atomic E-state index is -1.52. The van der Waals surface area contributed by atoms with Crippen LogP contribution >= 0.6 is 0 Å². The van der Waals surface area contributed by atoms with Gasteiger partial charge in [0.15, 0.2) is 6.10 Å². The van der Waals surface area contributed by atoms with Crippen LogP contribution in [0.15, 0.2) is 0 Å². The van der Waals surface area contributed by atoms with Crippen molar-refractivity contribution in [1.82, 2.24) is 10.2 Å². The predicted octanol–water partition coefficient (Wildman–Crippen LogP) is -0.957. The minimum Gasteiger partial charge on any atom is -0.479 e. The highest BCUT2D eigenvalue weighted by atomic mass is 16.5. The molecule has 3 N–H and O–H groups in total. The van der Waals surface area contributed by atoms with Crippen LogP contribution in [0.25, 0.3) is 0 Å². The molecule has 2 amide bonds. The number of methoxy groups -OCH3 is 2. The molecule has 0 aromatic rings. The zero-order chi connectivity index (χ0) is 16.3. The lowest BCUT2D eigenvalue weighted by molar-refractivity contribution is -0.146. The van der Waals surface area contributed by atoms with E-state index in [2.05, 4.69) is 10.1 Å². The van der Waals surface area contributed by atoms with Gasteiger partial charge in [0.2, 0.25) is 0 Å². The second-order valence-corrected chi connectivity index (χ2v) is 4.18. The number of esters is 1. The molecule has 0 rings (SSSR count). The third-order valence-electron chi connectivity index (χ3n) is 2.65. The molecule has 0 aliphatic carbocycles. The summed E-state index contributed by atoms with van der Waals surface area (Å²) in [6.45, 7) is 0.741. The third kappa shape index (κ3) is 8.82. The molecule has 0 radical (unpaired) electrons. The normalized spacial score (nSPS) is 11.6. The molecule has 0 aliphatic heterocycles. The Bertz CT molecular complexity index is 348. The highest BCUT2D eigenvalue weighted by Crippen LogP contribution is 1.96. The largest absolute Gasteiger partial charge is 0.479 e. The third-order valence-corrected chi connectivity index (χ3v) is 2.65. The van der Waals surface area contributed by atoms with E-state index in [9.17, 15) is 14.4 Å². The van der Waals surface area contributed by atoms with Crippen molar-refractivity contribution in [3.8, 4) is 0 Å². The number of carboxylic acids is 1. The van der Waals surface area contributed by atoms with E-state index in [1.54, 1.807) is 0 Å². The van der Waals surface area contributed by atoms with E-state index in [4.69, 9.17) is 14.9 Å². The highest BCUT2D eigenvalue weighted by Gasteiger charge is 2.17. The summed E-state index contributed by atoms with van der Waals surface area (Å²) in [5, 5.41) is 20.1. The van der Waals surface area contributed by atoms with Crippen molar-refractivity contribution in [3.05, 3.63) is 0 Å². The Labute approximate surface area is 122 Å². The molecule has 0 aromatic carbocycles. The highest BCUT2D eigenvalue weighted by molar-refractivity contribution is 5.76. The van der Waals surface area contributed by atoms with Crippen LogP contribution in [0.2, 0.25) is 0 Å². The first-order valence-corrected chi connectivity index (χ1v) is 6.41. The number of aliphatic hydroxyl groups excluding tert-OH is 1. The molecular weight excluding hydrogens is 284 g/mol. The summed E-state index contributed by atoms with van der Waals surface area (Å²) in [7, 11) is 2.74. The number of carboxylic acid groups (broad SMARTS) is 1. The molecule has 0 saturated carbocycles. The number of nitrogens with one attached hydrogen (secondary N) is 1. The van der Waals surface area contributed by atoms with E-state index in [-0.39, 0.29) is 32.5 Å².